The molecule has 0 amide bonds. The SMILES string of the molecule is CCNC(Cc1ccc(F)c(Cl)c1)CC1CCCCC1. The van der Waals surface area contributed by atoms with Crippen LogP contribution in [0, 0.1) is 11.7 Å². The molecule has 1 atom stereocenters. The molecule has 3 heteroatoms. The molecule has 0 spiro atoms. The lowest BCUT2D eigenvalue weighted by molar-refractivity contribution is 0.298. The molecule has 0 aromatic heterocycles. The summed E-state index contributed by atoms with van der Waals surface area (Å²) in [6.45, 7) is 3.12. The van der Waals surface area contributed by atoms with Crippen LogP contribution in [0.1, 0.15) is 51.0 Å². The van der Waals surface area contributed by atoms with Crippen LogP contribution in [-0.4, -0.2) is 12.6 Å². The predicted octanol–water partition coefficient (Wildman–Crippen LogP) is 4.97. The van der Waals surface area contributed by atoms with Crippen molar-refractivity contribution in [3.63, 3.8) is 0 Å². The summed E-state index contributed by atoms with van der Waals surface area (Å²) in [5.74, 6) is 0.520. The number of rotatable bonds is 6. The highest BCUT2D eigenvalue weighted by Gasteiger charge is 2.19. The third kappa shape index (κ3) is 4.75. The van der Waals surface area contributed by atoms with Crippen LogP contribution in [0.25, 0.3) is 0 Å². The lowest BCUT2D eigenvalue weighted by atomic mass is 9.83. The smallest absolute Gasteiger partial charge is 0.141 e. The molecule has 0 aliphatic heterocycles. The summed E-state index contributed by atoms with van der Waals surface area (Å²) in [6, 6.07) is 5.57. The van der Waals surface area contributed by atoms with E-state index in [1.54, 1.807) is 6.07 Å². The maximum atomic E-state index is 13.2. The van der Waals surface area contributed by atoms with Gasteiger partial charge in [0.2, 0.25) is 0 Å². The van der Waals surface area contributed by atoms with Gasteiger partial charge in [0.05, 0.1) is 5.02 Å². The molecule has 0 bridgehead atoms. The van der Waals surface area contributed by atoms with Crippen molar-refractivity contribution in [1.82, 2.24) is 5.32 Å². The van der Waals surface area contributed by atoms with Crippen LogP contribution in [-0.2, 0) is 6.42 Å². The van der Waals surface area contributed by atoms with Crippen LogP contribution < -0.4 is 5.32 Å². The maximum Gasteiger partial charge on any atom is 0.141 e. The molecule has 1 unspecified atom stereocenters. The Morgan fingerprint density at radius 3 is 2.70 bits per heavy atom. The molecule has 112 valence electrons. The fourth-order valence-corrected chi connectivity index (χ4v) is 3.51. The summed E-state index contributed by atoms with van der Waals surface area (Å²) < 4.78 is 13.2. The predicted molar refractivity (Wildman–Crippen MR) is 83.8 cm³/mol. The molecule has 0 heterocycles. The number of halogens is 2. The monoisotopic (exact) mass is 297 g/mol. The Morgan fingerprint density at radius 1 is 1.30 bits per heavy atom. The second kappa shape index (κ2) is 7.99. The third-order valence-electron chi connectivity index (χ3n) is 4.30. The van der Waals surface area contributed by atoms with Crippen LogP contribution >= 0.6 is 11.6 Å². The van der Waals surface area contributed by atoms with Gasteiger partial charge < -0.3 is 5.32 Å². The summed E-state index contributed by atoms with van der Waals surface area (Å²) in [4.78, 5) is 0. The minimum atomic E-state index is -0.331. The van der Waals surface area contributed by atoms with Gasteiger partial charge in [-0.2, -0.15) is 0 Å². The van der Waals surface area contributed by atoms with Crippen LogP contribution in [0.2, 0.25) is 5.02 Å². The zero-order valence-electron chi connectivity index (χ0n) is 12.3. The average molecular weight is 298 g/mol. The second-order valence-electron chi connectivity index (χ2n) is 5.95. The summed E-state index contributed by atoms with van der Waals surface area (Å²) >= 11 is 5.87. The molecule has 0 radical (unpaired) electrons. The van der Waals surface area contributed by atoms with Crippen molar-refractivity contribution >= 4 is 11.6 Å². The molecule has 0 saturated heterocycles. The highest BCUT2D eigenvalue weighted by molar-refractivity contribution is 6.30. The Morgan fingerprint density at radius 2 is 2.05 bits per heavy atom. The van der Waals surface area contributed by atoms with Crippen molar-refractivity contribution in [3.8, 4) is 0 Å². The minimum Gasteiger partial charge on any atom is -0.314 e. The molecule has 1 aliphatic rings. The van der Waals surface area contributed by atoms with Crippen LogP contribution in [0.3, 0.4) is 0 Å². The van der Waals surface area contributed by atoms with Crippen molar-refractivity contribution in [2.45, 2.75) is 57.9 Å². The first kappa shape index (κ1) is 15.8. The molecule has 1 aliphatic carbocycles. The molecular formula is C17H25ClFN. The van der Waals surface area contributed by atoms with Gasteiger partial charge in [0, 0.05) is 6.04 Å². The molecule has 1 aromatic rings. The molecule has 1 aromatic carbocycles. The molecule has 1 nitrogen and oxygen atoms in total. The maximum absolute atomic E-state index is 13.2. The van der Waals surface area contributed by atoms with E-state index in [0.29, 0.717) is 6.04 Å². The number of hydrogen-bond acceptors (Lipinski definition) is 1. The lowest BCUT2D eigenvalue weighted by Gasteiger charge is -2.27. The van der Waals surface area contributed by atoms with E-state index < -0.39 is 0 Å². The van der Waals surface area contributed by atoms with Gasteiger partial charge in [-0.3, -0.25) is 0 Å². The van der Waals surface area contributed by atoms with Crippen molar-refractivity contribution in [2.75, 3.05) is 6.54 Å². The molecule has 20 heavy (non-hydrogen) atoms. The van der Waals surface area contributed by atoms with Gasteiger partial charge in [-0.05, 0) is 43.0 Å². The Bertz CT molecular complexity index is 415. The Kier molecular flexibility index (Phi) is 6.31. The van der Waals surface area contributed by atoms with E-state index in [9.17, 15) is 4.39 Å². The lowest BCUT2D eigenvalue weighted by Crippen LogP contribution is -2.33. The first-order valence-electron chi connectivity index (χ1n) is 7.86. The van der Waals surface area contributed by atoms with Crippen LogP contribution in [0.5, 0.6) is 0 Å². The molecule has 2 rings (SSSR count). The number of benzene rings is 1. The van der Waals surface area contributed by atoms with Crippen molar-refractivity contribution < 1.29 is 4.39 Å². The Hall–Kier alpha value is -0.600. The first-order chi connectivity index (χ1) is 9.69. The number of nitrogens with one attached hydrogen (secondary N) is 1. The fourth-order valence-electron chi connectivity index (χ4n) is 3.30. The fraction of sp³-hybridized carbons (Fsp3) is 0.647. The normalized spacial score (nSPS) is 18.1. The van der Waals surface area contributed by atoms with Crippen molar-refractivity contribution in [1.29, 1.82) is 0 Å². The Labute approximate surface area is 126 Å². The standard InChI is InChI=1S/C17H25ClFN/c1-2-20-15(10-13-6-4-3-5-7-13)11-14-8-9-17(19)16(18)12-14/h8-9,12-13,15,20H,2-7,10-11H2,1H3. The molecule has 1 N–H and O–H groups in total. The van der Waals surface area contributed by atoms with Gasteiger partial charge in [-0.1, -0.05) is 56.7 Å². The van der Waals surface area contributed by atoms with E-state index in [2.05, 4.69) is 12.2 Å². The largest absolute Gasteiger partial charge is 0.314 e. The molecular weight excluding hydrogens is 273 g/mol. The zero-order chi connectivity index (χ0) is 14.4. The van der Waals surface area contributed by atoms with E-state index in [4.69, 9.17) is 11.6 Å². The van der Waals surface area contributed by atoms with Gasteiger partial charge in [0.25, 0.3) is 0 Å². The third-order valence-corrected chi connectivity index (χ3v) is 4.59. The van der Waals surface area contributed by atoms with Crippen LogP contribution in [0.4, 0.5) is 4.39 Å². The first-order valence-corrected chi connectivity index (χ1v) is 8.24. The van der Waals surface area contributed by atoms with Gasteiger partial charge in [0.1, 0.15) is 5.82 Å². The summed E-state index contributed by atoms with van der Waals surface area (Å²) in [6.07, 6.45) is 9.05. The quantitative estimate of drug-likeness (QED) is 0.781. The zero-order valence-corrected chi connectivity index (χ0v) is 13.1. The summed E-state index contributed by atoms with van der Waals surface area (Å²) in [7, 11) is 0. The van der Waals surface area contributed by atoms with E-state index in [-0.39, 0.29) is 10.8 Å². The van der Waals surface area contributed by atoms with E-state index >= 15 is 0 Å². The second-order valence-corrected chi connectivity index (χ2v) is 6.35. The average Bonchev–Trinajstić information content (AvgIpc) is 2.44. The Balaban J connectivity index is 1.94. The van der Waals surface area contributed by atoms with E-state index in [1.807, 2.05) is 6.07 Å². The van der Waals surface area contributed by atoms with Crippen molar-refractivity contribution in [2.24, 2.45) is 5.92 Å². The summed E-state index contributed by atoms with van der Waals surface area (Å²) in [5, 5.41) is 3.81. The molecule has 1 saturated carbocycles. The highest BCUT2D eigenvalue weighted by Crippen LogP contribution is 2.28. The summed E-state index contributed by atoms with van der Waals surface area (Å²) in [5.41, 5.74) is 1.12. The van der Waals surface area contributed by atoms with Gasteiger partial charge >= 0.3 is 0 Å². The number of likely N-dealkylation sites (N-methyl/N-ethyl adjacent to an activating group) is 1. The topological polar surface area (TPSA) is 12.0 Å². The van der Waals surface area contributed by atoms with E-state index in [1.165, 1.54) is 44.6 Å². The van der Waals surface area contributed by atoms with Gasteiger partial charge in [-0.15, -0.1) is 0 Å². The minimum absolute atomic E-state index is 0.232. The van der Waals surface area contributed by atoms with E-state index in [0.717, 1.165) is 24.4 Å². The highest BCUT2D eigenvalue weighted by atomic mass is 35.5. The van der Waals surface area contributed by atoms with Gasteiger partial charge in [0.15, 0.2) is 0 Å². The molecule has 1 fully saturated rings. The van der Waals surface area contributed by atoms with Gasteiger partial charge in [-0.25, -0.2) is 4.39 Å². The van der Waals surface area contributed by atoms with Crippen molar-refractivity contribution in [3.05, 3.63) is 34.6 Å². The van der Waals surface area contributed by atoms with Crippen LogP contribution in [0.15, 0.2) is 18.2 Å². The number of hydrogen-bond donors (Lipinski definition) is 1.